The highest BCUT2D eigenvalue weighted by Crippen LogP contribution is 2.22. The molecule has 0 spiro atoms. The van der Waals surface area contributed by atoms with E-state index >= 15 is 0 Å². The molecule has 0 atom stereocenters. The lowest BCUT2D eigenvalue weighted by Crippen LogP contribution is -2.24. The number of hydrogen-bond acceptors (Lipinski definition) is 2. The molecular weight excluding hydrogens is 236 g/mol. The van der Waals surface area contributed by atoms with Gasteiger partial charge in [0.2, 0.25) is 0 Å². The normalized spacial score (nSPS) is 11.1. The van der Waals surface area contributed by atoms with Crippen LogP contribution in [0.2, 0.25) is 0 Å². The molecule has 0 saturated carbocycles. The van der Waals surface area contributed by atoms with Gasteiger partial charge in [-0.3, -0.25) is 0 Å². The quantitative estimate of drug-likeness (QED) is 0.465. The minimum Gasteiger partial charge on any atom is -0.456 e. The summed E-state index contributed by atoms with van der Waals surface area (Å²) < 4.78 is 5.27. The molecule has 0 aliphatic rings. The Labute approximate surface area is 107 Å². The highest BCUT2D eigenvalue weighted by molar-refractivity contribution is 6.19. The van der Waals surface area contributed by atoms with Crippen LogP contribution in [-0.4, -0.2) is 11.6 Å². The molecular formula is C14H17ClO2. The largest absolute Gasteiger partial charge is 0.456 e. The predicted octanol–water partition coefficient (Wildman–Crippen LogP) is 3.78. The fourth-order valence-electron chi connectivity index (χ4n) is 1.38. The van der Waals surface area contributed by atoms with Gasteiger partial charge in [-0.25, -0.2) is 4.79 Å². The zero-order valence-electron chi connectivity index (χ0n) is 10.4. The van der Waals surface area contributed by atoms with E-state index in [2.05, 4.69) is 6.58 Å². The Bertz CT molecular complexity index is 430. The molecule has 92 valence electrons. The molecule has 0 aliphatic heterocycles. The number of carbonyl (C=O) groups is 1. The maximum Gasteiger partial charge on any atom is 0.338 e. The molecule has 1 rings (SSSR count). The summed E-state index contributed by atoms with van der Waals surface area (Å²) in [6.45, 7) is 9.26. The van der Waals surface area contributed by atoms with Crippen molar-refractivity contribution in [3.8, 4) is 0 Å². The van der Waals surface area contributed by atoms with Crippen LogP contribution in [0.25, 0.3) is 5.57 Å². The minimum absolute atomic E-state index is 0.344. The highest BCUT2D eigenvalue weighted by atomic mass is 35.5. The fourth-order valence-corrected chi connectivity index (χ4v) is 1.61. The first-order chi connectivity index (χ1) is 7.85. The van der Waals surface area contributed by atoms with Crippen molar-refractivity contribution in [2.45, 2.75) is 32.3 Å². The lowest BCUT2D eigenvalue weighted by atomic mass is 10.0. The van der Waals surface area contributed by atoms with Gasteiger partial charge in [0.25, 0.3) is 0 Å². The van der Waals surface area contributed by atoms with E-state index < -0.39 is 11.6 Å². The van der Waals surface area contributed by atoms with E-state index in [1.807, 2.05) is 45.0 Å². The molecule has 0 unspecified atom stereocenters. The Morgan fingerprint density at radius 2 is 1.94 bits per heavy atom. The van der Waals surface area contributed by atoms with Crippen LogP contribution in [-0.2, 0) is 15.4 Å². The van der Waals surface area contributed by atoms with Gasteiger partial charge < -0.3 is 4.74 Å². The zero-order chi connectivity index (χ0) is 13.1. The molecule has 2 nitrogen and oxygen atoms in total. The molecule has 0 N–H and O–H groups in total. The van der Waals surface area contributed by atoms with Gasteiger partial charge in [-0.05, 0) is 31.9 Å². The third kappa shape index (κ3) is 3.90. The molecule has 0 fully saturated rings. The van der Waals surface area contributed by atoms with Crippen LogP contribution in [0, 0.1) is 0 Å². The maximum absolute atomic E-state index is 11.9. The Kier molecular flexibility index (Phi) is 4.35. The van der Waals surface area contributed by atoms with E-state index in [1.165, 1.54) is 0 Å². The smallest absolute Gasteiger partial charge is 0.338 e. The van der Waals surface area contributed by atoms with E-state index in [1.54, 1.807) is 0 Å². The van der Waals surface area contributed by atoms with E-state index in [0.29, 0.717) is 11.5 Å². The number of hydrogen-bond donors (Lipinski definition) is 0. The Hall–Kier alpha value is -1.28. The molecule has 0 aliphatic carbocycles. The number of carbonyl (C=O) groups excluding carboxylic acids is 1. The van der Waals surface area contributed by atoms with Crippen molar-refractivity contribution < 1.29 is 9.53 Å². The summed E-state index contributed by atoms with van der Waals surface area (Å²) in [4.78, 5) is 11.9. The van der Waals surface area contributed by atoms with E-state index in [0.717, 1.165) is 11.1 Å². The summed E-state index contributed by atoms with van der Waals surface area (Å²) in [5.74, 6) is -0.0621. The molecule has 3 heteroatoms. The first kappa shape index (κ1) is 13.8. The number of benzene rings is 1. The van der Waals surface area contributed by atoms with Crippen LogP contribution >= 0.6 is 11.6 Å². The van der Waals surface area contributed by atoms with Gasteiger partial charge in [0, 0.05) is 5.88 Å². The van der Waals surface area contributed by atoms with Crippen LogP contribution in [0.4, 0.5) is 0 Å². The van der Waals surface area contributed by atoms with Crippen molar-refractivity contribution >= 4 is 23.1 Å². The number of halogens is 1. The lowest BCUT2D eigenvalue weighted by Gasteiger charge is -2.20. The summed E-state index contributed by atoms with van der Waals surface area (Å²) in [6.07, 6.45) is 0. The summed E-state index contributed by atoms with van der Waals surface area (Å²) in [5, 5.41) is 0. The second-order valence-electron chi connectivity index (χ2n) is 4.77. The summed E-state index contributed by atoms with van der Waals surface area (Å²) >= 11 is 5.82. The maximum atomic E-state index is 11.9. The summed E-state index contributed by atoms with van der Waals surface area (Å²) in [5.41, 5.74) is 1.45. The molecule has 1 aromatic rings. The minimum atomic E-state index is -0.518. The molecule has 0 aromatic heterocycles. The highest BCUT2D eigenvalue weighted by Gasteiger charge is 2.20. The van der Waals surface area contributed by atoms with Crippen LogP contribution in [0.5, 0.6) is 0 Å². The average Bonchev–Trinajstić information content (AvgIpc) is 2.25. The summed E-state index contributed by atoms with van der Waals surface area (Å²) in [7, 11) is 0. The predicted molar refractivity (Wildman–Crippen MR) is 70.9 cm³/mol. The second kappa shape index (κ2) is 5.37. The van der Waals surface area contributed by atoms with Gasteiger partial charge in [0.15, 0.2) is 0 Å². The van der Waals surface area contributed by atoms with Gasteiger partial charge in [-0.15, -0.1) is 11.6 Å². The van der Waals surface area contributed by atoms with Crippen molar-refractivity contribution in [1.29, 1.82) is 0 Å². The SMILES string of the molecule is C=C(C(=O)OC(C)(C)C)c1ccccc1CCl. The van der Waals surface area contributed by atoms with Gasteiger partial charge in [0.1, 0.15) is 5.60 Å². The van der Waals surface area contributed by atoms with Crippen molar-refractivity contribution in [3.05, 3.63) is 42.0 Å². The first-order valence-electron chi connectivity index (χ1n) is 5.41. The zero-order valence-corrected chi connectivity index (χ0v) is 11.2. The molecule has 0 bridgehead atoms. The number of alkyl halides is 1. The van der Waals surface area contributed by atoms with E-state index in [4.69, 9.17) is 16.3 Å². The van der Waals surface area contributed by atoms with Crippen LogP contribution < -0.4 is 0 Å². The molecule has 0 amide bonds. The molecule has 0 heterocycles. The van der Waals surface area contributed by atoms with Crippen LogP contribution in [0.3, 0.4) is 0 Å². The Morgan fingerprint density at radius 3 is 2.47 bits per heavy atom. The van der Waals surface area contributed by atoms with Crippen molar-refractivity contribution in [3.63, 3.8) is 0 Å². The third-order valence-electron chi connectivity index (χ3n) is 2.13. The molecule has 0 saturated heterocycles. The molecule has 17 heavy (non-hydrogen) atoms. The van der Waals surface area contributed by atoms with Gasteiger partial charge in [-0.1, -0.05) is 30.8 Å². The van der Waals surface area contributed by atoms with E-state index in [-0.39, 0.29) is 0 Å². The standard InChI is InChI=1S/C14H17ClO2/c1-10(13(16)17-14(2,3)4)12-8-6-5-7-11(12)9-15/h5-8H,1,9H2,2-4H3. The van der Waals surface area contributed by atoms with Gasteiger partial charge in [0.05, 0.1) is 5.57 Å². The van der Waals surface area contributed by atoms with Crippen LogP contribution in [0.1, 0.15) is 31.9 Å². The number of esters is 1. The lowest BCUT2D eigenvalue weighted by molar-refractivity contribution is -0.147. The fraction of sp³-hybridized carbons (Fsp3) is 0.357. The Balaban J connectivity index is 2.93. The summed E-state index contributed by atoms with van der Waals surface area (Å²) in [6, 6.07) is 7.42. The number of rotatable bonds is 3. The van der Waals surface area contributed by atoms with Crippen molar-refractivity contribution in [1.82, 2.24) is 0 Å². The molecule has 0 radical (unpaired) electrons. The third-order valence-corrected chi connectivity index (χ3v) is 2.42. The van der Waals surface area contributed by atoms with Gasteiger partial charge >= 0.3 is 5.97 Å². The molecule has 1 aromatic carbocycles. The topological polar surface area (TPSA) is 26.3 Å². The monoisotopic (exact) mass is 252 g/mol. The first-order valence-corrected chi connectivity index (χ1v) is 5.95. The van der Waals surface area contributed by atoms with Crippen molar-refractivity contribution in [2.24, 2.45) is 0 Å². The van der Waals surface area contributed by atoms with E-state index in [9.17, 15) is 4.79 Å². The van der Waals surface area contributed by atoms with Crippen LogP contribution in [0.15, 0.2) is 30.8 Å². The second-order valence-corrected chi connectivity index (χ2v) is 5.04. The van der Waals surface area contributed by atoms with Gasteiger partial charge in [-0.2, -0.15) is 0 Å². The van der Waals surface area contributed by atoms with Crippen molar-refractivity contribution in [2.75, 3.05) is 0 Å². The average molecular weight is 253 g/mol. The Morgan fingerprint density at radius 1 is 1.35 bits per heavy atom. The number of ether oxygens (including phenoxy) is 1.